The molecule has 0 spiro atoms. The summed E-state index contributed by atoms with van der Waals surface area (Å²) in [4.78, 5) is 13.5. The fourth-order valence-electron chi connectivity index (χ4n) is 3.03. The zero-order chi connectivity index (χ0) is 15.8. The Morgan fingerprint density at radius 3 is 2.77 bits per heavy atom. The highest BCUT2D eigenvalue weighted by Gasteiger charge is 2.33. The van der Waals surface area contributed by atoms with Crippen molar-refractivity contribution in [2.24, 2.45) is 5.73 Å². The van der Waals surface area contributed by atoms with Gasteiger partial charge in [-0.15, -0.1) is 0 Å². The largest absolute Gasteiger partial charge is 0.385 e. The zero-order valence-electron chi connectivity index (χ0n) is 13.2. The van der Waals surface area contributed by atoms with Gasteiger partial charge < -0.3 is 20.1 Å². The van der Waals surface area contributed by atoms with E-state index in [1.165, 1.54) is 0 Å². The van der Waals surface area contributed by atoms with Crippen molar-refractivity contribution < 1.29 is 14.3 Å². The topological polar surface area (TPSA) is 64.8 Å². The third-order valence-electron chi connectivity index (χ3n) is 4.10. The maximum atomic E-state index is 11.7. The Labute approximate surface area is 132 Å². The summed E-state index contributed by atoms with van der Waals surface area (Å²) in [6.07, 6.45) is 3.73. The average Bonchev–Trinajstić information content (AvgIpc) is 2.56. The Hall–Kier alpha value is -1.59. The van der Waals surface area contributed by atoms with E-state index >= 15 is 0 Å². The Bertz CT molecular complexity index is 452. The molecule has 0 bridgehead atoms. The first-order valence-electron chi connectivity index (χ1n) is 7.95. The van der Waals surface area contributed by atoms with Crippen LogP contribution < -0.4 is 5.73 Å². The number of likely N-dealkylation sites (tertiary alicyclic amines) is 1. The van der Waals surface area contributed by atoms with Crippen LogP contribution in [0.3, 0.4) is 0 Å². The maximum Gasteiger partial charge on any atom is 0.315 e. The Kier molecular flexibility index (Phi) is 6.68. The van der Waals surface area contributed by atoms with Crippen LogP contribution in [0.25, 0.3) is 0 Å². The first-order chi connectivity index (χ1) is 10.7. The second-order valence-corrected chi connectivity index (χ2v) is 5.64. The van der Waals surface area contributed by atoms with E-state index in [2.05, 4.69) is 12.1 Å². The number of nitrogens with two attached hydrogens (primary N) is 1. The highest BCUT2D eigenvalue weighted by atomic mass is 16.5. The lowest BCUT2D eigenvalue weighted by Gasteiger charge is -2.39. The molecule has 1 aromatic carbocycles. The number of hydrogen-bond acceptors (Lipinski definition) is 3. The number of benzene rings is 1. The second-order valence-electron chi connectivity index (χ2n) is 5.64. The molecule has 0 aromatic heterocycles. The number of amides is 2. The van der Waals surface area contributed by atoms with Crippen LogP contribution in [0.4, 0.5) is 4.79 Å². The van der Waals surface area contributed by atoms with Crippen molar-refractivity contribution in [3.63, 3.8) is 0 Å². The molecule has 1 aliphatic heterocycles. The molecule has 122 valence electrons. The van der Waals surface area contributed by atoms with Gasteiger partial charge in [0.15, 0.2) is 0 Å². The van der Waals surface area contributed by atoms with Gasteiger partial charge >= 0.3 is 6.03 Å². The fraction of sp³-hybridized carbons (Fsp3) is 0.588. The number of methoxy groups -OCH3 is 1. The average molecular weight is 306 g/mol. The Morgan fingerprint density at radius 1 is 1.32 bits per heavy atom. The molecule has 22 heavy (non-hydrogen) atoms. The number of urea groups is 1. The lowest BCUT2D eigenvalue weighted by molar-refractivity contribution is -0.0217. The van der Waals surface area contributed by atoms with E-state index < -0.39 is 0 Å². The van der Waals surface area contributed by atoms with Crippen molar-refractivity contribution in [1.29, 1.82) is 0 Å². The highest BCUT2D eigenvalue weighted by Crippen LogP contribution is 2.31. The second kappa shape index (κ2) is 8.76. The molecule has 1 aliphatic rings. The number of rotatable bonds is 7. The molecular weight excluding hydrogens is 280 g/mol. The van der Waals surface area contributed by atoms with Crippen LogP contribution in [0.2, 0.25) is 0 Å². The van der Waals surface area contributed by atoms with Gasteiger partial charge in [-0.3, -0.25) is 0 Å². The summed E-state index contributed by atoms with van der Waals surface area (Å²) < 4.78 is 11.2. The lowest BCUT2D eigenvalue weighted by atomic mass is 9.93. The molecule has 5 heteroatoms. The summed E-state index contributed by atoms with van der Waals surface area (Å²) in [5.41, 5.74) is 6.66. The zero-order valence-corrected chi connectivity index (χ0v) is 13.2. The molecule has 0 saturated carbocycles. The third-order valence-corrected chi connectivity index (χ3v) is 4.10. The molecule has 5 nitrogen and oxygen atoms in total. The number of carbonyl (C=O) groups is 1. The molecule has 0 radical (unpaired) electrons. The molecule has 1 unspecified atom stereocenters. The van der Waals surface area contributed by atoms with Crippen LogP contribution in [0.1, 0.15) is 37.4 Å². The third kappa shape index (κ3) is 4.45. The van der Waals surface area contributed by atoms with Crippen molar-refractivity contribution in [3.05, 3.63) is 35.9 Å². The first kappa shape index (κ1) is 16.8. The lowest BCUT2D eigenvalue weighted by Crippen LogP contribution is -2.49. The maximum absolute atomic E-state index is 11.7. The number of ether oxygens (including phenoxy) is 2. The SMILES string of the molecule is COCCCO[C@H](c1ccccc1)C1CCCCN1C(N)=O. The van der Waals surface area contributed by atoms with Gasteiger partial charge in [0.2, 0.25) is 0 Å². The summed E-state index contributed by atoms with van der Waals surface area (Å²) in [7, 11) is 1.69. The summed E-state index contributed by atoms with van der Waals surface area (Å²) in [5, 5.41) is 0. The van der Waals surface area contributed by atoms with Gasteiger partial charge in [0.25, 0.3) is 0 Å². The van der Waals surface area contributed by atoms with E-state index in [1.807, 2.05) is 18.2 Å². The summed E-state index contributed by atoms with van der Waals surface area (Å²) >= 11 is 0. The Morgan fingerprint density at radius 2 is 2.09 bits per heavy atom. The minimum atomic E-state index is -0.355. The van der Waals surface area contributed by atoms with Gasteiger partial charge in [-0.05, 0) is 31.2 Å². The fourth-order valence-corrected chi connectivity index (χ4v) is 3.03. The van der Waals surface area contributed by atoms with Gasteiger partial charge in [-0.2, -0.15) is 0 Å². The van der Waals surface area contributed by atoms with E-state index in [1.54, 1.807) is 12.0 Å². The molecule has 2 atom stereocenters. The van der Waals surface area contributed by atoms with E-state index in [0.717, 1.165) is 31.2 Å². The van der Waals surface area contributed by atoms with Crippen LogP contribution in [0, 0.1) is 0 Å². The number of carbonyl (C=O) groups excluding carboxylic acids is 1. The van der Waals surface area contributed by atoms with Crippen LogP contribution in [0.5, 0.6) is 0 Å². The first-order valence-corrected chi connectivity index (χ1v) is 7.95. The molecule has 1 fully saturated rings. The van der Waals surface area contributed by atoms with Crippen LogP contribution in [0.15, 0.2) is 30.3 Å². The normalized spacial score (nSPS) is 19.9. The minimum Gasteiger partial charge on any atom is -0.385 e. The summed E-state index contributed by atoms with van der Waals surface area (Å²) in [6, 6.07) is 9.74. The van der Waals surface area contributed by atoms with E-state index in [4.69, 9.17) is 15.2 Å². The smallest absolute Gasteiger partial charge is 0.315 e. The molecule has 0 aliphatic carbocycles. The van der Waals surface area contributed by atoms with Crippen LogP contribution in [-0.2, 0) is 9.47 Å². The molecule has 2 N–H and O–H groups in total. The van der Waals surface area contributed by atoms with Gasteiger partial charge in [-0.1, -0.05) is 30.3 Å². The van der Waals surface area contributed by atoms with E-state index in [0.29, 0.717) is 19.8 Å². The predicted octanol–water partition coefficient (Wildman–Crippen LogP) is 2.71. The Balaban J connectivity index is 2.13. The van der Waals surface area contributed by atoms with Crippen molar-refractivity contribution in [2.75, 3.05) is 26.9 Å². The van der Waals surface area contributed by atoms with Crippen molar-refractivity contribution in [3.8, 4) is 0 Å². The van der Waals surface area contributed by atoms with Crippen molar-refractivity contribution in [2.45, 2.75) is 37.8 Å². The number of piperidine rings is 1. The van der Waals surface area contributed by atoms with Crippen molar-refractivity contribution >= 4 is 6.03 Å². The molecule has 1 saturated heterocycles. The van der Waals surface area contributed by atoms with Gasteiger partial charge in [-0.25, -0.2) is 4.79 Å². The summed E-state index contributed by atoms with van der Waals surface area (Å²) in [6.45, 7) is 1.99. The van der Waals surface area contributed by atoms with Crippen LogP contribution in [-0.4, -0.2) is 43.8 Å². The number of hydrogen-bond donors (Lipinski definition) is 1. The monoisotopic (exact) mass is 306 g/mol. The summed E-state index contributed by atoms with van der Waals surface area (Å²) in [5.74, 6) is 0. The van der Waals surface area contributed by atoms with Crippen LogP contribution >= 0.6 is 0 Å². The number of primary amides is 1. The number of nitrogens with zero attached hydrogens (tertiary/aromatic N) is 1. The quantitative estimate of drug-likeness (QED) is 0.788. The highest BCUT2D eigenvalue weighted by molar-refractivity contribution is 5.72. The van der Waals surface area contributed by atoms with Gasteiger partial charge in [0.05, 0.1) is 6.04 Å². The van der Waals surface area contributed by atoms with Gasteiger partial charge in [0.1, 0.15) is 6.10 Å². The molecule has 1 aromatic rings. The van der Waals surface area contributed by atoms with Crippen molar-refractivity contribution in [1.82, 2.24) is 4.90 Å². The van der Waals surface area contributed by atoms with Gasteiger partial charge in [0, 0.05) is 26.9 Å². The minimum absolute atomic E-state index is 0.0104. The molecular formula is C17H26N2O3. The molecule has 2 amide bonds. The van der Waals surface area contributed by atoms with E-state index in [-0.39, 0.29) is 18.2 Å². The molecule has 2 rings (SSSR count). The predicted molar refractivity (Wildman–Crippen MR) is 85.6 cm³/mol. The molecule has 1 heterocycles. The van der Waals surface area contributed by atoms with E-state index in [9.17, 15) is 4.79 Å². The standard InChI is InChI=1S/C17H26N2O3/c1-21-12-7-13-22-16(14-8-3-2-4-9-14)15-10-5-6-11-19(15)17(18)20/h2-4,8-9,15-16H,5-7,10-13H2,1H3,(H2,18,20)/t15?,16-/m1/s1.